The Morgan fingerprint density at radius 2 is 1.88 bits per heavy atom. The molecule has 33 heavy (non-hydrogen) atoms. The molecule has 0 aliphatic rings. The molecule has 3 aromatic heterocycles. The van der Waals surface area contributed by atoms with Crippen LogP contribution in [0, 0.1) is 11.3 Å². The molecule has 0 saturated heterocycles. The van der Waals surface area contributed by atoms with Gasteiger partial charge in [-0.1, -0.05) is 12.1 Å². The van der Waals surface area contributed by atoms with E-state index in [0.29, 0.717) is 27.7 Å². The van der Waals surface area contributed by atoms with Crippen LogP contribution in [0.3, 0.4) is 0 Å². The van der Waals surface area contributed by atoms with E-state index in [4.69, 9.17) is 5.26 Å². The molecule has 4 rings (SSSR count). The smallest absolute Gasteiger partial charge is 0.229 e. The molecule has 164 valence electrons. The number of pyridine rings is 1. The summed E-state index contributed by atoms with van der Waals surface area (Å²) >= 11 is 0. The van der Waals surface area contributed by atoms with Crippen molar-refractivity contribution in [2.75, 3.05) is 5.32 Å². The van der Waals surface area contributed by atoms with Gasteiger partial charge in [-0.15, -0.1) is 0 Å². The van der Waals surface area contributed by atoms with Crippen LogP contribution in [0.5, 0.6) is 0 Å². The monoisotopic (exact) mass is 438 g/mol. The van der Waals surface area contributed by atoms with Gasteiger partial charge in [-0.3, -0.25) is 9.59 Å². The fraction of sp³-hybridized carbons (Fsp3) is 0.200. The van der Waals surface area contributed by atoms with Crippen LogP contribution in [0.15, 0.2) is 61.3 Å². The highest BCUT2D eigenvalue weighted by Crippen LogP contribution is 2.27. The quantitative estimate of drug-likeness (QED) is 0.473. The number of fused-ring (bicyclic) bond motifs is 1. The molecule has 0 unspecified atom stereocenters. The summed E-state index contributed by atoms with van der Waals surface area (Å²) < 4.78 is 1.96. The topological polar surface area (TPSA) is 114 Å². The fourth-order valence-corrected chi connectivity index (χ4v) is 3.52. The van der Waals surface area contributed by atoms with E-state index in [1.807, 2.05) is 31.4 Å². The first kappa shape index (κ1) is 21.8. The van der Waals surface area contributed by atoms with Gasteiger partial charge in [0, 0.05) is 35.1 Å². The number of hydrogen-bond acceptors (Lipinski definition) is 6. The summed E-state index contributed by atoms with van der Waals surface area (Å²) in [6.07, 6.45) is 6.52. The van der Waals surface area contributed by atoms with Gasteiger partial charge in [-0.05, 0) is 50.6 Å². The normalized spacial score (nSPS) is 11.2. The van der Waals surface area contributed by atoms with E-state index in [2.05, 4.69) is 20.3 Å². The number of anilines is 1. The zero-order valence-electron chi connectivity index (χ0n) is 18.5. The standard InChI is InChI=1S/C25H22N6O2/c1-25(2,3)31-14-20(19-13-27-15-29-24(19)31)23(33)18-8-9-28-21(11-18)30-22(32)10-16-4-6-17(12-26)7-5-16/h4-9,11,13-15H,10H2,1-3H3,(H,28,30,32). The molecule has 4 aromatic rings. The Bertz CT molecular complexity index is 1390. The van der Waals surface area contributed by atoms with Crippen molar-refractivity contribution >= 4 is 28.5 Å². The summed E-state index contributed by atoms with van der Waals surface area (Å²) in [5, 5.41) is 12.3. The first-order valence-electron chi connectivity index (χ1n) is 10.4. The number of hydrogen-bond donors (Lipinski definition) is 1. The number of nitriles is 1. The molecule has 8 nitrogen and oxygen atoms in total. The number of aromatic nitrogens is 4. The molecule has 0 radical (unpaired) electrons. The lowest BCUT2D eigenvalue weighted by molar-refractivity contribution is -0.115. The molecular formula is C25H22N6O2. The van der Waals surface area contributed by atoms with E-state index >= 15 is 0 Å². The van der Waals surface area contributed by atoms with Gasteiger partial charge in [-0.2, -0.15) is 5.26 Å². The molecule has 8 heteroatoms. The lowest BCUT2D eigenvalue weighted by Crippen LogP contribution is -2.21. The molecule has 0 aliphatic heterocycles. The zero-order valence-corrected chi connectivity index (χ0v) is 18.5. The average molecular weight is 438 g/mol. The number of carbonyl (C=O) groups is 2. The van der Waals surface area contributed by atoms with Crippen LogP contribution in [0.2, 0.25) is 0 Å². The van der Waals surface area contributed by atoms with Crippen molar-refractivity contribution in [2.45, 2.75) is 32.7 Å². The molecule has 1 aromatic carbocycles. The van der Waals surface area contributed by atoms with Crippen molar-refractivity contribution in [1.29, 1.82) is 5.26 Å². The van der Waals surface area contributed by atoms with Crippen molar-refractivity contribution < 1.29 is 9.59 Å². The van der Waals surface area contributed by atoms with Crippen molar-refractivity contribution in [3.8, 4) is 6.07 Å². The minimum absolute atomic E-state index is 0.127. The number of benzene rings is 1. The Hall–Kier alpha value is -4.38. The van der Waals surface area contributed by atoms with Gasteiger partial charge < -0.3 is 9.88 Å². The maximum absolute atomic E-state index is 13.4. The Kier molecular flexibility index (Phi) is 5.71. The van der Waals surface area contributed by atoms with Crippen LogP contribution in [0.1, 0.15) is 47.8 Å². The number of nitrogens with one attached hydrogen (secondary N) is 1. The van der Waals surface area contributed by atoms with Gasteiger partial charge in [0.15, 0.2) is 5.78 Å². The summed E-state index contributed by atoms with van der Waals surface area (Å²) in [5.74, 6) is -0.187. The molecule has 0 aliphatic carbocycles. The molecule has 0 spiro atoms. The molecule has 3 heterocycles. The number of amides is 1. The number of rotatable bonds is 5. The third-order valence-corrected chi connectivity index (χ3v) is 5.17. The van der Waals surface area contributed by atoms with Gasteiger partial charge in [0.25, 0.3) is 0 Å². The fourth-order valence-electron chi connectivity index (χ4n) is 3.52. The largest absolute Gasteiger partial charge is 0.326 e. The Balaban J connectivity index is 1.57. The van der Waals surface area contributed by atoms with Crippen LogP contribution in [-0.4, -0.2) is 31.2 Å². The maximum atomic E-state index is 13.4. The van der Waals surface area contributed by atoms with Crippen LogP contribution < -0.4 is 5.32 Å². The Morgan fingerprint density at radius 3 is 2.58 bits per heavy atom. The molecule has 0 atom stereocenters. The summed E-state index contributed by atoms with van der Waals surface area (Å²) in [4.78, 5) is 38.4. The molecule has 0 saturated carbocycles. The number of ketones is 1. The molecular weight excluding hydrogens is 416 g/mol. The first-order chi connectivity index (χ1) is 15.8. The summed E-state index contributed by atoms with van der Waals surface area (Å²) in [7, 11) is 0. The third-order valence-electron chi connectivity index (χ3n) is 5.17. The van der Waals surface area contributed by atoms with Gasteiger partial charge in [0.1, 0.15) is 17.8 Å². The van der Waals surface area contributed by atoms with E-state index < -0.39 is 0 Å². The summed E-state index contributed by atoms with van der Waals surface area (Å²) in [6.45, 7) is 6.12. The van der Waals surface area contributed by atoms with Crippen molar-refractivity contribution in [3.63, 3.8) is 0 Å². The molecule has 0 fully saturated rings. The summed E-state index contributed by atoms with van der Waals surface area (Å²) in [6, 6.07) is 12.0. The van der Waals surface area contributed by atoms with Crippen LogP contribution in [-0.2, 0) is 16.8 Å². The van der Waals surface area contributed by atoms with Gasteiger partial charge in [-0.25, -0.2) is 15.0 Å². The number of carbonyl (C=O) groups excluding carboxylic acids is 2. The first-order valence-corrected chi connectivity index (χ1v) is 10.4. The highest BCUT2D eigenvalue weighted by molar-refractivity contribution is 6.16. The van der Waals surface area contributed by atoms with Crippen molar-refractivity contribution in [1.82, 2.24) is 19.5 Å². The van der Waals surface area contributed by atoms with E-state index in [9.17, 15) is 9.59 Å². The van der Waals surface area contributed by atoms with Gasteiger partial charge >= 0.3 is 0 Å². The Morgan fingerprint density at radius 1 is 1.12 bits per heavy atom. The predicted octanol–water partition coefficient (Wildman–Crippen LogP) is 3.87. The second-order valence-corrected chi connectivity index (χ2v) is 8.64. The maximum Gasteiger partial charge on any atom is 0.229 e. The highest BCUT2D eigenvalue weighted by Gasteiger charge is 2.23. The van der Waals surface area contributed by atoms with E-state index in [1.165, 1.54) is 12.5 Å². The highest BCUT2D eigenvalue weighted by atomic mass is 16.1. The predicted molar refractivity (Wildman–Crippen MR) is 124 cm³/mol. The molecule has 1 amide bonds. The minimum atomic E-state index is -0.270. The minimum Gasteiger partial charge on any atom is -0.326 e. The van der Waals surface area contributed by atoms with Gasteiger partial charge in [0.05, 0.1) is 23.6 Å². The van der Waals surface area contributed by atoms with E-state index in [0.717, 1.165) is 5.56 Å². The van der Waals surface area contributed by atoms with Crippen molar-refractivity contribution in [2.24, 2.45) is 0 Å². The van der Waals surface area contributed by atoms with Gasteiger partial charge in [0.2, 0.25) is 5.91 Å². The molecule has 0 bridgehead atoms. The van der Waals surface area contributed by atoms with Crippen LogP contribution >= 0.6 is 0 Å². The second kappa shape index (κ2) is 8.63. The number of nitrogens with zero attached hydrogens (tertiary/aromatic N) is 5. The van der Waals surface area contributed by atoms with Crippen LogP contribution in [0.25, 0.3) is 11.0 Å². The lowest BCUT2D eigenvalue weighted by Gasteiger charge is -2.21. The average Bonchev–Trinajstić information content (AvgIpc) is 3.19. The SMILES string of the molecule is CC(C)(C)n1cc(C(=O)c2ccnc(NC(=O)Cc3ccc(C#N)cc3)c2)c2cncnc21. The van der Waals surface area contributed by atoms with E-state index in [1.54, 1.807) is 48.8 Å². The van der Waals surface area contributed by atoms with E-state index in [-0.39, 0.29) is 29.5 Å². The summed E-state index contributed by atoms with van der Waals surface area (Å²) in [5.41, 5.74) is 2.61. The lowest BCUT2D eigenvalue weighted by atomic mass is 10.0. The van der Waals surface area contributed by atoms with Crippen LogP contribution in [0.4, 0.5) is 5.82 Å². The third kappa shape index (κ3) is 4.62. The zero-order chi connectivity index (χ0) is 23.6. The second-order valence-electron chi connectivity index (χ2n) is 8.64. The van der Waals surface area contributed by atoms with Crippen molar-refractivity contribution in [3.05, 3.63) is 83.6 Å². The molecule has 1 N–H and O–H groups in total. The Labute approximate surface area is 190 Å².